The van der Waals surface area contributed by atoms with Gasteiger partial charge in [0.1, 0.15) is 23.5 Å². The van der Waals surface area contributed by atoms with Crippen LogP contribution in [0.3, 0.4) is 0 Å². The molecular weight excluding hydrogens is 322 g/mol. The highest BCUT2D eigenvalue weighted by Crippen LogP contribution is 2.35. The quantitative estimate of drug-likeness (QED) is 0.887. The lowest BCUT2D eigenvalue weighted by Gasteiger charge is -2.17. The number of aromatic amines is 1. The van der Waals surface area contributed by atoms with Gasteiger partial charge in [-0.05, 0) is 50.5 Å². The summed E-state index contributed by atoms with van der Waals surface area (Å²) in [4.78, 5) is 22.8. The Kier molecular flexibility index (Phi) is 4.45. The molecule has 1 fully saturated rings. The van der Waals surface area contributed by atoms with Gasteiger partial charge >= 0.3 is 0 Å². The van der Waals surface area contributed by atoms with Crippen molar-refractivity contribution in [1.82, 2.24) is 9.97 Å². The molecule has 6 heteroatoms. The second-order valence-electron chi connectivity index (χ2n) is 7.38. The van der Waals surface area contributed by atoms with Crippen molar-refractivity contribution in [2.75, 3.05) is 13.2 Å². The van der Waals surface area contributed by atoms with Crippen LogP contribution in [0, 0.1) is 5.92 Å². The minimum absolute atomic E-state index is 0.0411. The van der Waals surface area contributed by atoms with Crippen LogP contribution in [0.1, 0.15) is 55.4 Å². The van der Waals surface area contributed by atoms with Gasteiger partial charge in [0.15, 0.2) is 5.82 Å². The Hall–Kier alpha value is -1.24. The third kappa shape index (κ3) is 3.03. The van der Waals surface area contributed by atoms with Crippen molar-refractivity contribution in [2.45, 2.75) is 58.1 Å². The van der Waals surface area contributed by atoms with E-state index in [0.717, 1.165) is 54.9 Å². The maximum Gasteiger partial charge on any atom is 0.260 e. The first-order valence-electron chi connectivity index (χ1n) is 9.11. The fraction of sp³-hybridized carbons (Fsp3) is 0.667. The fourth-order valence-electron chi connectivity index (χ4n) is 3.88. The number of aryl methyl sites for hydroxylation is 1. The molecule has 3 N–H and O–H groups in total. The molecular formula is C18H26N3O2S+. The van der Waals surface area contributed by atoms with Gasteiger partial charge in [0.05, 0.1) is 5.39 Å². The summed E-state index contributed by atoms with van der Waals surface area (Å²) in [6.07, 6.45) is 5.92. The molecule has 24 heavy (non-hydrogen) atoms. The summed E-state index contributed by atoms with van der Waals surface area (Å²) in [7, 11) is 0. The zero-order valence-electron chi connectivity index (χ0n) is 14.4. The zero-order chi connectivity index (χ0) is 16.7. The van der Waals surface area contributed by atoms with E-state index in [0.29, 0.717) is 12.0 Å². The second kappa shape index (κ2) is 6.58. The van der Waals surface area contributed by atoms with Crippen molar-refractivity contribution in [1.29, 1.82) is 0 Å². The molecule has 4 rings (SSSR count). The number of fused-ring (bicyclic) bond motifs is 3. The van der Waals surface area contributed by atoms with Crippen LogP contribution in [-0.2, 0) is 17.6 Å². The average molecular weight is 348 g/mol. The van der Waals surface area contributed by atoms with Crippen LogP contribution >= 0.6 is 11.3 Å². The Labute approximate surface area is 145 Å². The first kappa shape index (κ1) is 16.2. The molecule has 1 aliphatic carbocycles. The Morgan fingerprint density at radius 2 is 2.33 bits per heavy atom. The number of aromatic nitrogens is 2. The predicted molar refractivity (Wildman–Crippen MR) is 95.6 cm³/mol. The molecule has 0 aromatic carbocycles. The Balaban J connectivity index is 1.59. The molecule has 0 radical (unpaired) electrons. The van der Waals surface area contributed by atoms with Gasteiger partial charge in [-0.2, -0.15) is 0 Å². The van der Waals surface area contributed by atoms with Crippen LogP contribution < -0.4 is 10.9 Å². The summed E-state index contributed by atoms with van der Waals surface area (Å²) in [5.41, 5.74) is 1.30. The summed E-state index contributed by atoms with van der Waals surface area (Å²) in [6.45, 7) is 6.21. The fourth-order valence-corrected chi connectivity index (χ4v) is 5.27. The molecule has 1 aliphatic heterocycles. The standard InChI is InChI=1S/C18H25N3O2S/c1-10-5-6-13-14(8-10)24-18-15(13)17(22)20-16(21-18)11(2)19-9-12-4-3-7-23-12/h10-12,19H,3-9H2,1-2H3,(H,20,21,22)/p+1/t10-,11-,12+/m1/s1. The molecule has 3 atom stereocenters. The molecule has 2 aromatic heterocycles. The number of quaternary nitrogens is 1. The van der Waals surface area contributed by atoms with Gasteiger partial charge in [-0.3, -0.25) is 4.79 Å². The van der Waals surface area contributed by atoms with Crippen LogP contribution in [-0.4, -0.2) is 29.2 Å². The van der Waals surface area contributed by atoms with E-state index < -0.39 is 0 Å². The lowest BCUT2D eigenvalue weighted by Crippen LogP contribution is -2.86. The second-order valence-corrected chi connectivity index (χ2v) is 8.46. The molecule has 130 valence electrons. The number of H-pyrrole nitrogens is 1. The van der Waals surface area contributed by atoms with Gasteiger partial charge in [0, 0.05) is 11.5 Å². The smallest absolute Gasteiger partial charge is 0.260 e. The van der Waals surface area contributed by atoms with Crippen molar-refractivity contribution in [3.05, 3.63) is 26.6 Å². The number of thiophene rings is 1. The van der Waals surface area contributed by atoms with Gasteiger partial charge < -0.3 is 15.0 Å². The molecule has 1 saturated heterocycles. The molecule has 5 nitrogen and oxygen atoms in total. The van der Waals surface area contributed by atoms with Gasteiger partial charge in [0.2, 0.25) is 0 Å². The average Bonchev–Trinajstić information content (AvgIpc) is 3.18. The van der Waals surface area contributed by atoms with E-state index in [4.69, 9.17) is 9.72 Å². The van der Waals surface area contributed by atoms with E-state index in [1.807, 2.05) is 0 Å². The van der Waals surface area contributed by atoms with Crippen LogP contribution in [0.15, 0.2) is 4.79 Å². The highest BCUT2D eigenvalue weighted by atomic mass is 32.1. The Morgan fingerprint density at radius 1 is 1.46 bits per heavy atom. The maximum atomic E-state index is 12.7. The summed E-state index contributed by atoms with van der Waals surface area (Å²) in [5, 5.41) is 3.08. The van der Waals surface area contributed by atoms with E-state index in [9.17, 15) is 4.79 Å². The van der Waals surface area contributed by atoms with Gasteiger partial charge in [-0.1, -0.05) is 6.92 Å². The topological polar surface area (TPSA) is 71.6 Å². The van der Waals surface area contributed by atoms with Crippen molar-refractivity contribution in [2.24, 2.45) is 5.92 Å². The van der Waals surface area contributed by atoms with Crippen molar-refractivity contribution < 1.29 is 10.1 Å². The number of rotatable bonds is 4. The number of nitrogens with one attached hydrogen (secondary N) is 1. The van der Waals surface area contributed by atoms with Crippen molar-refractivity contribution in [3.8, 4) is 0 Å². The van der Waals surface area contributed by atoms with Gasteiger partial charge in [0.25, 0.3) is 5.56 Å². The number of ether oxygens (including phenoxy) is 1. The summed E-state index contributed by atoms with van der Waals surface area (Å²) < 4.78 is 5.68. The van der Waals surface area contributed by atoms with Crippen LogP contribution in [0.25, 0.3) is 10.2 Å². The lowest BCUT2D eigenvalue weighted by molar-refractivity contribution is -0.699. The molecule has 0 saturated carbocycles. The van der Waals surface area contributed by atoms with Gasteiger partial charge in [-0.15, -0.1) is 11.3 Å². The molecule has 0 bridgehead atoms. The third-order valence-corrected chi connectivity index (χ3v) is 6.54. The first-order chi connectivity index (χ1) is 11.6. The van der Waals surface area contributed by atoms with E-state index in [1.165, 1.54) is 16.9 Å². The normalized spacial score (nSPS) is 25.1. The van der Waals surface area contributed by atoms with E-state index >= 15 is 0 Å². The highest BCUT2D eigenvalue weighted by molar-refractivity contribution is 7.18. The highest BCUT2D eigenvalue weighted by Gasteiger charge is 2.25. The number of hydrogen-bond acceptors (Lipinski definition) is 4. The third-order valence-electron chi connectivity index (χ3n) is 5.39. The van der Waals surface area contributed by atoms with E-state index in [2.05, 4.69) is 24.1 Å². The molecule has 0 amide bonds. The molecule has 2 aliphatic rings. The molecule has 3 heterocycles. The Bertz CT molecular complexity index is 791. The van der Waals surface area contributed by atoms with Gasteiger partial charge in [-0.25, -0.2) is 4.98 Å². The molecule has 2 aromatic rings. The van der Waals surface area contributed by atoms with E-state index in [-0.39, 0.29) is 11.6 Å². The Morgan fingerprint density at radius 3 is 3.12 bits per heavy atom. The van der Waals surface area contributed by atoms with Crippen LogP contribution in [0.4, 0.5) is 0 Å². The lowest BCUT2D eigenvalue weighted by atomic mass is 9.89. The van der Waals surface area contributed by atoms with E-state index in [1.54, 1.807) is 11.3 Å². The molecule has 0 spiro atoms. The monoisotopic (exact) mass is 348 g/mol. The van der Waals surface area contributed by atoms with Crippen LogP contribution in [0.2, 0.25) is 0 Å². The molecule has 0 unspecified atom stereocenters. The summed E-state index contributed by atoms with van der Waals surface area (Å²) in [5.74, 6) is 1.50. The minimum atomic E-state index is 0.0411. The number of hydrogen-bond donors (Lipinski definition) is 2. The zero-order valence-corrected chi connectivity index (χ0v) is 15.2. The summed E-state index contributed by atoms with van der Waals surface area (Å²) in [6, 6.07) is 0.143. The summed E-state index contributed by atoms with van der Waals surface area (Å²) >= 11 is 1.72. The SMILES string of the molecule is C[C@@H]1CCc2c(sc3nc([C@@H](C)[NH2+]C[C@@H]4CCCO4)[nH]c(=O)c23)C1. The van der Waals surface area contributed by atoms with Crippen molar-refractivity contribution in [3.63, 3.8) is 0 Å². The predicted octanol–water partition coefficient (Wildman–Crippen LogP) is 1.91. The maximum absolute atomic E-state index is 12.7. The van der Waals surface area contributed by atoms with Crippen molar-refractivity contribution >= 4 is 21.6 Å². The minimum Gasteiger partial charge on any atom is -0.372 e. The van der Waals surface area contributed by atoms with Crippen LogP contribution in [0.5, 0.6) is 0 Å². The first-order valence-corrected chi connectivity index (χ1v) is 9.93. The number of nitrogens with two attached hydrogens (primary N) is 1. The largest absolute Gasteiger partial charge is 0.372 e. The number of nitrogens with zero attached hydrogens (tertiary/aromatic N) is 1.